The molecule has 0 bridgehead atoms. The fraction of sp³-hybridized carbons (Fsp3) is 0. The molecule has 1 heterocycles. The van der Waals surface area contributed by atoms with E-state index < -0.39 is 23.0 Å². The van der Waals surface area contributed by atoms with Crippen molar-refractivity contribution in [1.82, 2.24) is 4.98 Å². The van der Waals surface area contributed by atoms with Gasteiger partial charge in [0.25, 0.3) is 0 Å². The highest BCUT2D eigenvalue weighted by atomic mass is 16.4. The van der Waals surface area contributed by atoms with E-state index in [-0.39, 0.29) is 0 Å². The van der Waals surface area contributed by atoms with Crippen molar-refractivity contribution in [3.05, 3.63) is 28.0 Å². The van der Waals surface area contributed by atoms with Crippen molar-refractivity contribution in [1.29, 1.82) is 0 Å². The van der Waals surface area contributed by atoms with E-state index in [2.05, 4.69) is 0 Å². The van der Waals surface area contributed by atoms with Gasteiger partial charge in [-0.3, -0.25) is 4.79 Å². The monoisotopic (exact) mass is 153 g/mol. The van der Waals surface area contributed by atoms with Crippen LogP contribution in [0.25, 0.3) is 0 Å². The van der Waals surface area contributed by atoms with Gasteiger partial charge in [-0.1, -0.05) is 0 Å². The van der Waals surface area contributed by atoms with Gasteiger partial charge >= 0.3 is 0 Å². The molecule has 5 heteroatoms. The summed E-state index contributed by atoms with van der Waals surface area (Å²) in [5.41, 5.74) is -1.14. The number of aromatic carboxylic acids is 1. The minimum atomic E-state index is -1.53. The predicted molar refractivity (Wildman–Crippen MR) is 30.8 cm³/mol. The Morgan fingerprint density at radius 1 is 1.45 bits per heavy atom. The van der Waals surface area contributed by atoms with Gasteiger partial charge in [-0.05, 0) is 11.9 Å². The molecule has 0 aliphatic heterocycles. The van der Waals surface area contributed by atoms with E-state index >= 15 is 0 Å². The third kappa shape index (κ3) is 1.57. The van der Waals surface area contributed by atoms with Gasteiger partial charge in [0.1, 0.15) is 0 Å². The molecule has 0 unspecified atom stereocenters. The summed E-state index contributed by atoms with van der Waals surface area (Å²) in [6, 6.07) is 1.58. The molecule has 1 N–H and O–H groups in total. The van der Waals surface area contributed by atoms with Crippen molar-refractivity contribution in [3.8, 4) is 5.88 Å². The normalized spacial score (nSPS) is 9.45. The molecule has 0 aliphatic carbocycles. The summed E-state index contributed by atoms with van der Waals surface area (Å²) in [5.74, 6) is -2.27. The Bertz CT molecular complexity index is 341. The van der Waals surface area contributed by atoms with Crippen molar-refractivity contribution in [3.63, 3.8) is 0 Å². The van der Waals surface area contributed by atoms with Gasteiger partial charge in [0.2, 0.25) is 5.56 Å². The largest absolute Gasteiger partial charge is 0.860 e. The van der Waals surface area contributed by atoms with Gasteiger partial charge in [0.15, 0.2) is 0 Å². The zero-order valence-electron chi connectivity index (χ0n) is 5.29. The number of aromatic nitrogens is 1. The van der Waals surface area contributed by atoms with Crippen LogP contribution >= 0.6 is 0 Å². The zero-order chi connectivity index (χ0) is 8.43. The first-order valence-electron chi connectivity index (χ1n) is 2.72. The SMILES string of the molecule is O=C([O-])c1cc([O-])[nH]c(=O)c1. The van der Waals surface area contributed by atoms with Crippen LogP contribution in [0, 0.1) is 0 Å². The van der Waals surface area contributed by atoms with Gasteiger partial charge in [-0.25, -0.2) is 0 Å². The van der Waals surface area contributed by atoms with Crippen molar-refractivity contribution >= 4 is 5.97 Å². The van der Waals surface area contributed by atoms with E-state index in [0.29, 0.717) is 0 Å². The first-order chi connectivity index (χ1) is 5.09. The number of nitrogens with one attached hydrogen (secondary N) is 1. The summed E-state index contributed by atoms with van der Waals surface area (Å²) in [7, 11) is 0. The van der Waals surface area contributed by atoms with Crippen molar-refractivity contribution in [2.75, 3.05) is 0 Å². The molecule has 0 atom stereocenters. The molecule has 58 valence electrons. The Hall–Kier alpha value is -1.78. The molecule has 1 aromatic rings. The van der Waals surface area contributed by atoms with E-state index in [1.165, 1.54) is 0 Å². The fourth-order valence-electron chi connectivity index (χ4n) is 0.636. The molecule has 1 rings (SSSR count). The first kappa shape index (κ1) is 7.33. The molecule has 11 heavy (non-hydrogen) atoms. The lowest BCUT2D eigenvalue weighted by atomic mass is 10.3. The molecule has 0 saturated heterocycles. The summed E-state index contributed by atoms with van der Waals surface area (Å²) >= 11 is 0. The van der Waals surface area contributed by atoms with Crippen molar-refractivity contribution in [2.45, 2.75) is 0 Å². The van der Waals surface area contributed by atoms with Gasteiger partial charge in [-0.15, -0.1) is 0 Å². The molecular formula is C6H3NO4-2. The molecule has 5 nitrogen and oxygen atoms in total. The minimum absolute atomic E-state index is 0.404. The second kappa shape index (κ2) is 2.45. The Morgan fingerprint density at radius 3 is 2.55 bits per heavy atom. The van der Waals surface area contributed by atoms with Gasteiger partial charge in [0, 0.05) is 11.6 Å². The van der Waals surface area contributed by atoms with Crippen LogP contribution in [0.1, 0.15) is 10.4 Å². The smallest absolute Gasteiger partial charge is 0.248 e. The summed E-state index contributed by atoms with van der Waals surface area (Å²) in [5, 5.41) is 20.6. The highest BCUT2D eigenvalue weighted by molar-refractivity contribution is 5.85. The van der Waals surface area contributed by atoms with Crippen LogP contribution in [-0.2, 0) is 0 Å². The number of carbonyl (C=O) groups is 1. The number of rotatable bonds is 1. The molecule has 1 aromatic heterocycles. The van der Waals surface area contributed by atoms with Crippen LogP contribution in [0.4, 0.5) is 0 Å². The van der Waals surface area contributed by atoms with Crippen molar-refractivity contribution < 1.29 is 15.0 Å². The number of carboxylic acids is 1. The van der Waals surface area contributed by atoms with E-state index in [1.807, 2.05) is 4.98 Å². The van der Waals surface area contributed by atoms with Crippen LogP contribution in [0.5, 0.6) is 5.88 Å². The topological polar surface area (TPSA) is 96.0 Å². The third-order valence-corrected chi connectivity index (χ3v) is 1.06. The highest BCUT2D eigenvalue weighted by Crippen LogP contribution is 1.98. The van der Waals surface area contributed by atoms with E-state index in [1.54, 1.807) is 0 Å². The first-order valence-corrected chi connectivity index (χ1v) is 2.72. The van der Waals surface area contributed by atoms with Gasteiger partial charge in [-0.2, -0.15) is 0 Å². The van der Waals surface area contributed by atoms with Crippen LogP contribution in [0.3, 0.4) is 0 Å². The molecule has 0 aromatic carbocycles. The lowest BCUT2D eigenvalue weighted by Crippen LogP contribution is -2.24. The summed E-state index contributed by atoms with van der Waals surface area (Å²) in [4.78, 5) is 22.4. The summed E-state index contributed by atoms with van der Waals surface area (Å²) in [6.45, 7) is 0. The number of carboxylic acid groups (broad SMARTS) is 1. The second-order valence-corrected chi connectivity index (χ2v) is 1.88. The lowest BCUT2D eigenvalue weighted by Gasteiger charge is -2.07. The summed E-state index contributed by atoms with van der Waals surface area (Å²) < 4.78 is 0. The fourth-order valence-corrected chi connectivity index (χ4v) is 0.636. The molecule has 0 saturated carbocycles. The maximum absolute atomic E-state index is 10.5. The molecule has 0 aliphatic rings. The number of hydrogen-bond acceptors (Lipinski definition) is 4. The highest BCUT2D eigenvalue weighted by Gasteiger charge is 1.92. The van der Waals surface area contributed by atoms with E-state index in [0.717, 1.165) is 12.1 Å². The number of hydrogen-bond donors (Lipinski definition) is 1. The minimum Gasteiger partial charge on any atom is -0.860 e. The van der Waals surface area contributed by atoms with Crippen molar-refractivity contribution in [2.24, 2.45) is 0 Å². The number of aromatic amines is 1. The van der Waals surface area contributed by atoms with Crippen LogP contribution in [0.15, 0.2) is 16.9 Å². The maximum Gasteiger partial charge on any atom is 0.248 e. The summed E-state index contributed by atoms with van der Waals surface area (Å²) in [6.07, 6.45) is 0. The van der Waals surface area contributed by atoms with Crippen LogP contribution in [-0.4, -0.2) is 11.0 Å². The third-order valence-electron chi connectivity index (χ3n) is 1.06. The number of pyridine rings is 1. The van der Waals surface area contributed by atoms with E-state index in [4.69, 9.17) is 0 Å². The average molecular weight is 153 g/mol. The second-order valence-electron chi connectivity index (χ2n) is 1.88. The lowest BCUT2D eigenvalue weighted by molar-refractivity contribution is -0.276. The molecule has 0 spiro atoms. The average Bonchev–Trinajstić information content (AvgIpc) is 1.85. The Kier molecular flexibility index (Phi) is 1.63. The Labute approximate surface area is 60.9 Å². The quantitative estimate of drug-likeness (QED) is 0.495. The molecular weight excluding hydrogens is 150 g/mol. The maximum atomic E-state index is 10.5. The van der Waals surface area contributed by atoms with Gasteiger partial charge in [0.05, 0.1) is 5.97 Å². The standard InChI is InChI=1S/C6H5NO4/c8-4-1-3(6(10)11)2-5(9)7-4/h1-2H,(H,10,11)(H2,7,8,9)/p-2. The van der Waals surface area contributed by atoms with Gasteiger partial charge < -0.3 is 20.0 Å². The Balaban J connectivity index is 3.30. The number of H-pyrrole nitrogens is 1. The predicted octanol–water partition coefficient (Wildman–Crippen LogP) is -2.19. The molecule has 0 amide bonds. The molecule has 0 radical (unpaired) electrons. The van der Waals surface area contributed by atoms with E-state index in [9.17, 15) is 19.8 Å². The van der Waals surface area contributed by atoms with Crippen LogP contribution < -0.4 is 15.8 Å². The Morgan fingerprint density at radius 2 is 2.09 bits per heavy atom. The zero-order valence-corrected chi connectivity index (χ0v) is 5.29. The molecule has 0 fully saturated rings. The van der Waals surface area contributed by atoms with Crippen LogP contribution in [0.2, 0.25) is 0 Å². The number of carbonyl (C=O) groups excluding carboxylic acids is 1.